The fourth-order valence-electron chi connectivity index (χ4n) is 1.72. The molecular formula is C14H16BrFN2O3. The minimum absolute atomic E-state index is 0.0776. The Morgan fingerprint density at radius 1 is 1.52 bits per heavy atom. The minimum atomic E-state index is -0.588. The third kappa shape index (κ3) is 4.69. The second kappa shape index (κ2) is 8.60. The highest BCUT2D eigenvalue weighted by molar-refractivity contribution is 9.10. The summed E-state index contributed by atoms with van der Waals surface area (Å²) in [7, 11) is 1.52. The zero-order valence-corrected chi connectivity index (χ0v) is 13.4. The molecule has 114 valence electrons. The summed E-state index contributed by atoms with van der Waals surface area (Å²) in [6, 6.07) is 4.84. The molecule has 7 heteroatoms. The van der Waals surface area contributed by atoms with Crippen LogP contribution in [0.2, 0.25) is 0 Å². The van der Waals surface area contributed by atoms with E-state index >= 15 is 0 Å². The standard InChI is InChI=1S/C14H16BrFN2O3/c1-3-21-12(19)9-18(6-7-20-2)11-5-4-10(8-17)13(15)14(11)16/h4-5H,3,6-7,9H2,1-2H3. The summed E-state index contributed by atoms with van der Waals surface area (Å²) in [5, 5.41) is 8.87. The first kappa shape index (κ1) is 17.4. The molecule has 0 bridgehead atoms. The second-order valence-electron chi connectivity index (χ2n) is 4.09. The molecule has 0 heterocycles. The van der Waals surface area contributed by atoms with Gasteiger partial charge in [-0.25, -0.2) is 4.39 Å². The fourth-order valence-corrected chi connectivity index (χ4v) is 2.14. The van der Waals surface area contributed by atoms with E-state index in [-0.39, 0.29) is 28.9 Å². The van der Waals surface area contributed by atoms with Crippen LogP contribution in [0.25, 0.3) is 0 Å². The van der Waals surface area contributed by atoms with Crippen molar-refractivity contribution in [1.82, 2.24) is 0 Å². The molecule has 5 nitrogen and oxygen atoms in total. The Kier molecular flexibility index (Phi) is 7.12. The molecule has 0 radical (unpaired) electrons. The summed E-state index contributed by atoms with van der Waals surface area (Å²) in [4.78, 5) is 13.1. The Hall–Kier alpha value is -1.65. The Morgan fingerprint density at radius 2 is 2.24 bits per heavy atom. The first-order chi connectivity index (χ1) is 10.0. The van der Waals surface area contributed by atoms with E-state index in [2.05, 4.69) is 15.9 Å². The van der Waals surface area contributed by atoms with E-state index in [1.54, 1.807) is 6.92 Å². The Labute approximate surface area is 131 Å². The van der Waals surface area contributed by atoms with Gasteiger partial charge in [0.05, 0.1) is 28.9 Å². The SMILES string of the molecule is CCOC(=O)CN(CCOC)c1ccc(C#N)c(Br)c1F. The van der Waals surface area contributed by atoms with Crippen LogP contribution >= 0.6 is 15.9 Å². The molecule has 0 saturated carbocycles. The van der Waals surface area contributed by atoms with Crippen LogP contribution in [0.3, 0.4) is 0 Å². The lowest BCUT2D eigenvalue weighted by molar-refractivity contribution is -0.141. The van der Waals surface area contributed by atoms with Gasteiger partial charge in [-0.3, -0.25) is 4.79 Å². The monoisotopic (exact) mass is 358 g/mol. The topological polar surface area (TPSA) is 62.6 Å². The smallest absolute Gasteiger partial charge is 0.325 e. The average molecular weight is 359 g/mol. The van der Waals surface area contributed by atoms with Gasteiger partial charge in [0, 0.05) is 13.7 Å². The number of nitriles is 1. The molecule has 0 aliphatic carbocycles. The van der Waals surface area contributed by atoms with Crippen molar-refractivity contribution < 1.29 is 18.7 Å². The molecule has 0 unspecified atom stereocenters. The Morgan fingerprint density at radius 3 is 2.81 bits per heavy atom. The van der Waals surface area contributed by atoms with E-state index in [0.717, 1.165) is 0 Å². The summed E-state index contributed by atoms with van der Waals surface area (Å²) >= 11 is 3.05. The third-order valence-electron chi connectivity index (χ3n) is 2.71. The van der Waals surface area contributed by atoms with Gasteiger partial charge in [-0.15, -0.1) is 0 Å². The van der Waals surface area contributed by atoms with Gasteiger partial charge < -0.3 is 14.4 Å². The van der Waals surface area contributed by atoms with E-state index in [9.17, 15) is 9.18 Å². The number of hydrogen-bond acceptors (Lipinski definition) is 5. The molecule has 0 saturated heterocycles. The Bertz CT molecular complexity index is 546. The maximum Gasteiger partial charge on any atom is 0.325 e. The van der Waals surface area contributed by atoms with E-state index < -0.39 is 11.8 Å². The molecule has 1 rings (SSSR count). The quantitative estimate of drug-likeness (QED) is 0.700. The first-order valence-corrected chi connectivity index (χ1v) is 7.12. The maximum atomic E-state index is 14.3. The van der Waals surface area contributed by atoms with E-state index in [1.807, 2.05) is 6.07 Å². The highest BCUT2D eigenvalue weighted by Crippen LogP contribution is 2.29. The van der Waals surface area contributed by atoms with Gasteiger partial charge in [0.25, 0.3) is 0 Å². The molecule has 1 aromatic carbocycles. The predicted octanol–water partition coefficient (Wildman–Crippen LogP) is 2.48. The van der Waals surface area contributed by atoms with Crippen LogP contribution in [0.5, 0.6) is 0 Å². The van der Waals surface area contributed by atoms with Crippen LogP contribution in [0.1, 0.15) is 12.5 Å². The van der Waals surface area contributed by atoms with Gasteiger partial charge in [-0.1, -0.05) is 0 Å². The van der Waals surface area contributed by atoms with Crippen molar-refractivity contribution in [2.24, 2.45) is 0 Å². The lowest BCUT2D eigenvalue weighted by Crippen LogP contribution is -2.34. The number of hydrogen-bond donors (Lipinski definition) is 0. The molecule has 0 aliphatic rings. The van der Waals surface area contributed by atoms with Crippen LogP contribution < -0.4 is 4.90 Å². The predicted molar refractivity (Wildman–Crippen MR) is 79.5 cm³/mol. The van der Waals surface area contributed by atoms with Gasteiger partial charge in [-0.2, -0.15) is 5.26 Å². The molecule has 0 N–H and O–H groups in total. The highest BCUT2D eigenvalue weighted by Gasteiger charge is 2.19. The van der Waals surface area contributed by atoms with E-state index in [1.165, 1.54) is 24.1 Å². The fraction of sp³-hybridized carbons (Fsp3) is 0.429. The van der Waals surface area contributed by atoms with E-state index in [0.29, 0.717) is 13.2 Å². The molecule has 21 heavy (non-hydrogen) atoms. The lowest BCUT2D eigenvalue weighted by Gasteiger charge is -2.24. The number of rotatable bonds is 7. The van der Waals surface area contributed by atoms with Gasteiger partial charge in [0.1, 0.15) is 12.6 Å². The van der Waals surface area contributed by atoms with Crippen LogP contribution in [-0.2, 0) is 14.3 Å². The number of carbonyl (C=O) groups excluding carboxylic acids is 1. The zero-order chi connectivity index (χ0) is 15.8. The first-order valence-electron chi connectivity index (χ1n) is 6.32. The number of methoxy groups -OCH3 is 1. The van der Waals surface area contributed by atoms with Crippen LogP contribution in [-0.4, -0.2) is 39.4 Å². The molecule has 1 aromatic rings. The van der Waals surface area contributed by atoms with Crippen LogP contribution in [0.4, 0.5) is 10.1 Å². The van der Waals surface area contributed by atoms with Crippen molar-refractivity contribution in [2.45, 2.75) is 6.92 Å². The molecule has 0 aromatic heterocycles. The number of nitrogens with zero attached hydrogens (tertiary/aromatic N) is 2. The highest BCUT2D eigenvalue weighted by atomic mass is 79.9. The van der Waals surface area contributed by atoms with Gasteiger partial charge in [0.15, 0.2) is 5.82 Å². The Balaban J connectivity index is 3.05. The molecule has 0 fully saturated rings. The van der Waals surface area contributed by atoms with Crippen LogP contribution in [0, 0.1) is 17.1 Å². The van der Waals surface area contributed by atoms with Crippen molar-refractivity contribution in [3.8, 4) is 6.07 Å². The molecule has 0 aliphatic heterocycles. The number of anilines is 1. The van der Waals surface area contributed by atoms with Gasteiger partial charge in [-0.05, 0) is 35.0 Å². The molecule has 0 spiro atoms. The molecular weight excluding hydrogens is 343 g/mol. The molecule has 0 atom stereocenters. The zero-order valence-electron chi connectivity index (χ0n) is 11.9. The van der Waals surface area contributed by atoms with Crippen molar-refractivity contribution in [3.63, 3.8) is 0 Å². The van der Waals surface area contributed by atoms with Crippen molar-refractivity contribution >= 4 is 27.6 Å². The second-order valence-corrected chi connectivity index (χ2v) is 4.88. The number of benzene rings is 1. The summed E-state index contributed by atoms with van der Waals surface area (Å²) in [6.45, 7) is 2.53. The van der Waals surface area contributed by atoms with Crippen molar-refractivity contribution in [1.29, 1.82) is 5.26 Å². The maximum absolute atomic E-state index is 14.3. The summed E-state index contributed by atoms with van der Waals surface area (Å²) in [5.74, 6) is -1.04. The third-order valence-corrected chi connectivity index (χ3v) is 3.49. The number of carbonyl (C=O) groups is 1. The summed E-state index contributed by atoms with van der Waals surface area (Å²) in [5.41, 5.74) is 0.407. The number of esters is 1. The molecule has 0 amide bonds. The largest absolute Gasteiger partial charge is 0.465 e. The van der Waals surface area contributed by atoms with Crippen LogP contribution in [0.15, 0.2) is 16.6 Å². The number of halogens is 2. The summed E-state index contributed by atoms with van der Waals surface area (Å²) in [6.07, 6.45) is 0. The minimum Gasteiger partial charge on any atom is -0.465 e. The van der Waals surface area contributed by atoms with Gasteiger partial charge >= 0.3 is 5.97 Å². The van der Waals surface area contributed by atoms with Crippen molar-refractivity contribution in [2.75, 3.05) is 38.3 Å². The van der Waals surface area contributed by atoms with Crippen molar-refractivity contribution in [3.05, 3.63) is 28.0 Å². The normalized spacial score (nSPS) is 10.0. The average Bonchev–Trinajstić information content (AvgIpc) is 2.47. The van der Waals surface area contributed by atoms with E-state index in [4.69, 9.17) is 14.7 Å². The lowest BCUT2D eigenvalue weighted by atomic mass is 10.2. The van der Waals surface area contributed by atoms with Gasteiger partial charge in [0.2, 0.25) is 0 Å². The number of ether oxygens (including phenoxy) is 2. The summed E-state index contributed by atoms with van der Waals surface area (Å²) < 4.78 is 24.3.